The van der Waals surface area contributed by atoms with Crippen molar-refractivity contribution in [3.8, 4) is 17.2 Å². The predicted molar refractivity (Wildman–Crippen MR) is 122 cm³/mol. The van der Waals surface area contributed by atoms with Gasteiger partial charge in [0.15, 0.2) is 11.5 Å². The summed E-state index contributed by atoms with van der Waals surface area (Å²) in [6.45, 7) is 0.495. The summed E-state index contributed by atoms with van der Waals surface area (Å²) in [6, 6.07) is 13.6. The number of benzene rings is 3. The van der Waals surface area contributed by atoms with Crippen LogP contribution in [0.25, 0.3) is 0 Å². The Morgan fingerprint density at radius 3 is 2.37 bits per heavy atom. The van der Waals surface area contributed by atoms with Crippen molar-refractivity contribution in [2.24, 2.45) is 0 Å². The summed E-state index contributed by atoms with van der Waals surface area (Å²) in [5.74, 6) is 1.19. The third kappa shape index (κ3) is 5.31. The lowest BCUT2D eigenvalue weighted by Gasteiger charge is -2.16. The largest absolute Gasteiger partial charge is 0.495 e. The smallest absolute Gasteiger partial charge is 0.162 e. The molecule has 0 saturated carbocycles. The molecule has 3 aromatic rings. The third-order valence-corrected chi connectivity index (χ3v) is 5.79. The minimum absolute atomic E-state index is 0.0176. The topological polar surface area (TPSA) is 39.7 Å². The van der Waals surface area contributed by atoms with E-state index in [0.717, 1.165) is 15.7 Å². The average Bonchev–Trinajstić information content (AvgIpc) is 2.72. The van der Waals surface area contributed by atoms with Crippen LogP contribution in [-0.2, 0) is 13.2 Å². The maximum Gasteiger partial charge on any atom is 0.162 e. The minimum atomic E-state index is -0.417. The van der Waals surface area contributed by atoms with E-state index < -0.39 is 5.82 Å². The standard InChI is InChI=1S/C22H19BrCl2FNO3/c1-28-20-7-6-14(9-18(20)25)27-11-13-8-21(29-2)22(10-16(13)23)30-12-15-17(24)4-3-5-19(15)26/h3-10,27H,11-12H2,1-2H3. The zero-order valence-corrected chi connectivity index (χ0v) is 19.4. The Bertz CT molecular complexity index is 1030. The summed E-state index contributed by atoms with van der Waals surface area (Å²) < 4.78 is 31.2. The van der Waals surface area contributed by atoms with Gasteiger partial charge < -0.3 is 19.5 Å². The molecule has 0 amide bonds. The van der Waals surface area contributed by atoms with Crippen molar-refractivity contribution in [3.63, 3.8) is 0 Å². The Morgan fingerprint density at radius 1 is 0.933 bits per heavy atom. The van der Waals surface area contributed by atoms with E-state index in [9.17, 15) is 4.39 Å². The maximum absolute atomic E-state index is 14.0. The first-order chi connectivity index (χ1) is 14.4. The van der Waals surface area contributed by atoms with E-state index in [1.165, 1.54) is 6.07 Å². The molecule has 3 rings (SSSR count). The highest BCUT2D eigenvalue weighted by molar-refractivity contribution is 9.10. The van der Waals surface area contributed by atoms with Crippen LogP contribution >= 0.6 is 39.1 Å². The van der Waals surface area contributed by atoms with E-state index in [-0.39, 0.29) is 6.61 Å². The van der Waals surface area contributed by atoms with Gasteiger partial charge in [0.25, 0.3) is 0 Å². The van der Waals surface area contributed by atoms with E-state index in [0.29, 0.717) is 39.4 Å². The number of anilines is 1. The van der Waals surface area contributed by atoms with Crippen LogP contribution in [-0.4, -0.2) is 14.2 Å². The summed E-state index contributed by atoms with van der Waals surface area (Å²) in [4.78, 5) is 0. The molecular formula is C22H19BrCl2FNO3. The Hall–Kier alpha value is -2.15. The first kappa shape index (κ1) is 22.5. The van der Waals surface area contributed by atoms with Gasteiger partial charge in [0.2, 0.25) is 0 Å². The molecule has 0 aliphatic heterocycles. The van der Waals surface area contributed by atoms with Gasteiger partial charge in [-0.2, -0.15) is 0 Å². The second-order valence-corrected chi connectivity index (χ2v) is 7.95. The zero-order chi connectivity index (χ0) is 21.7. The quantitative estimate of drug-likeness (QED) is 0.348. The van der Waals surface area contributed by atoms with Crippen molar-refractivity contribution in [2.45, 2.75) is 13.2 Å². The van der Waals surface area contributed by atoms with Gasteiger partial charge in [0, 0.05) is 22.3 Å². The van der Waals surface area contributed by atoms with Gasteiger partial charge in [-0.3, -0.25) is 0 Å². The monoisotopic (exact) mass is 513 g/mol. The highest BCUT2D eigenvalue weighted by Gasteiger charge is 2.13. The first-order valence-electron chi connectivity index (χ1n) is 8.92. The van der Waals surface area contributed by atoms with Crippen molar-refractivity contribution < 1.29 is 18.6 Å². The molecule has 0 fully saturated rings. The Labute approximate surface area is 193 Å². The number of methoxy groups -OCH3 is 2. The molecule has 30 heavy (non-hydrogen) atoms. The van der Waals surface area contributed by atoms with Gasteiger partial charge in [-0.1, -0.05) is 45.2 Å². The third-order valence-electron chi connectivity index (χ3n) is 4.40. The molecule has 1 N–H and O–H groups in total. The second kappa shape index (κ2) is 10.2. The zero-order valence-electron chi connectivity index (χ0n) is 16.3. The lowest BCUT2D eigenvalue weighted by Crippen LogP contribution is -2.04. The molecule has 0 saturated heterocycles. The van der Waals surface area contributed by atoms with E-state index in [2.05, 4.69) is 21.2 Å². The van der Waals surface area contributed by atoms with Crippen molar-refractivity contribution in [1.29, 1.82) is 0 Å². The van der Waals surface area contributed by atoms with Crippen molar-refractivity contribution in [3.05, 3.63) is 80.0 Å². The number of halogens is 4. The number of hydrogen-bond donors (Lipinski definition) is 1. The summed E-state index contributed by atoms with van der Waals surface area (Å²) in [5, 5.41) is 4.14. The molecular weight excluding hydrogens is 496 g/mol. The fourth-order valence-electron chi connectivity index (χ4n) is 2.78. The van der Waals surface area contributed by atoms with Crippen LogP contribution in [0.1, 0.15) is 11.1 Å². The highest BCUT2D eigenvalue weighted by atomic mass is 79.9. The molecule has 8 heteroatoms. The Morgan fingerprint density at radius 2 is 1.70 bits per heavy atom. The molecule has 0 atom stereocenters. The van der Waals surface area contributed by atoms with Crippen molar-refractivity contribution in [2.75, 3.05) is 19.5 Å². The SMILES string of the molecule is COc1ccc(NCc2cc(OC)c(OCc3c(F)cccc3Cl)cc2Br)cc1Cl. The number of ether oxygens (including phenoxy) is 3. The average molecular weight is 515 g/mol. The number of hydrogen-bond acceptors (Lipinski definition) is 4. The van der Waals surface area contributed by atoms with Crippen LogP contribution in [0, 0.1) is 5.82 Å². The highest BCUT2D eigenvalue weighted by Crippen LogP contribution is 2.35. The molecule has 4 nitrogen and oxygen atoms in total. The molecule has 0 aliphatic carbocycles. The van der Waals surface area contributed by atoms with Crippen molar-refractivity contribution >= 4 is 44.8 Å². The lowest BCUT2D eigenvalue weighted by atomic mass is 10.2. The van der Waals surface area contributed by atoms with E-state index in [4.69, 9.17) is 37.4 Å². The van der Waals surface area contributed by atoms with Crippen LogP contribution in [0.5, 0.6) is 17.2 Å². The lowest BCUT2D eigenvalue weighted by molar-refractivity contribution is 0.279. The predicted octanol–water partition coefficient (Wildman–Crippen LogP) is 7.10. The van der Waals surface area contributed by atoms with Gasteiger partial charge in [-0.05, 0) is 48.0 Å². The molecule has 0 aliphatic rings. The molecule has 0 spiro atoms. The molecule has 3 aromatic carbocycles. The van der Waals surface area contributed by atoms with Gasteiger partial charge in [0.05, 0.1) is 24.3 Å². The second-order valence-electron chi connectivity index (χ2n) is 6.29. The van der Waals surface area contributed by atoms with Gasteiger partial charge in [0.1, 0.15) is 18.2 Å². The molecule has 0 heterocycles. The Kier molecular flexibility index (Phi) is 7.69. The summed E-state index contributed by atoms with van der Waals surface area (Å²) in [6.07, 6.45) is 0. The van der Waals surface area contributed by atoms with Gasteiger partial charge in [-0.25, -0.2) is 4.39 Å². The molecule has 0 unspecified atom stereocenters. The van der Waals surface area contributed by atoms with E-state index in [1.807, 2.05) is 12.1 Å². The molecule has 0 radical (unpaired) electrons. The minimum Gasteiger partial charge on any atom is -0.495 e. The summed E-state index contributed by atoms with van der Waals surface area (Å²) >= 11 is 15.8. The molecule has 158 valence electrons. The van der Waals surface area contributed by atoms with E-state index >= 15 is 0 Å². The molecule has 0 aromatic heterocycles. The van der Waals surface area contributed by atoms with Gasteiger partial charge >= 0.3 is 0 Å². The summed E-state index contributed by atoms with van der Waals surface area (Å²) in [5.41, 5.74) is 2.08. The van der Waals surface area contributed by atoms with Crippen LogP contribution in [0.2, 0.25) is 10.0 Å². The van der Waals surface area contributed by atoms with Gasteiger partial charge in [-0.15, -0.1) is 0 Å². The fourth-order valence-corrected chi connectivity index (χ4v) is 3.72. The van der Waals surface area contributed by atoms with E-state index in [1.54, 1.807) is 44.6 Å². The first-order valence-corrected chi connectivity index (χ1v) is 10.5. The van der Waals surface area contributed by atoms with Crippen LogP contribution in [0.3, 0.4) is 0 Å². The van der Waals surface area contributed by atoms with Crippen LogP contribution < -0.4 is 19.5 Å². The normalized spacial score (nSPS) is 10.6. The van der Waals surface area contributed by atoms with Crippen LogP contribution in [0.4, 0.5) is 10.1 Å². The van der Waals surface area contributed by atoms with Crippen LogP contribution in [0.15, 0.2) is 53.0 Å². The van der Waals surface area contributed by atoms with Crippen molar-refractivity contribution in [1.82, 2.24) is 0 Å². The molecule has 0 bridgehead atoms. The fraction of sp³-hybridized carbons (Fsp3) is 0.182. The number of nitrogens with one attached hydrogen (secondary N) is 1. The summed E-state index contributed by atoms with van der Waals surface area (Å²) in [7, 11) is 3.12. The Balaban J connectivity index is 1.74. The maximum atomic E-state index is 14.0. The number of rotatable bonds is 8.